The molecule has 1 aliphatic heterocycles. The first-order chi connectivity index (χ1) is 17.6. The number of nitrogens with one attached hydrogen (secondary N) is 1. The molecule has 0 bridgehead atoms. The molecule has 2 amide bonds. The van der Waals surface area contributed by atoms with E-state index >= 15 is 0 Å². The van der Waals surface area contributed by atoms with Crippen LogP contribution in [0.25, 0.3) is 0 Å². The maximum absolute atomic E-state index is 13.1. The van der Waals surface area contributed by atoms with Crippen molar-refractivity contribution >= 4 is 17.5 Å². The van der Waals surface area contributed by atoms with Crippen LogP contribution < -0.4 is 10.1 Å². The van der Waals surface area contributed by atoms with Gasteiger partial charge in [-0.15, -0.1) is 0 Å². The maximum atomic E-state index is 13.1. The van der Waals surface area contributed by atoms with Crippen molar-refractivity contribution in [2.75, 3.05) is 38.0 Å². The third-order valence-corrected chi connectivity index (χ3v) is 7.11. The molecule has 0 saturated carbocycles. The van der Waals surface area contributed by atoms with Crippen molar-refractivity contribution in [1.29, 1.82) is 0 Å². The second kappa shape index (κ2) is 12.7. The van der Waals surface area contributed by atoms with E-state index in [0.717, 1.165) is 56.5 Å². The Kier molecular flexibility index (Phi) is 9.17. The Morgan fingerprint density at radius 1 is 0.944 bits per heavy atom. The van der Waals surface area contributed by atoms with Crippen molar-refractivity contribution in [3.8, 4) is 5.75 Å². The molecule has 6 nitrogen and oxygen atoms in total. The zero-order chi connectivity index (χ0) is 25.3. The van der Waals surface area contributed by atoms with E-state index in [-0.39, 0.29) is 17.9 Å². The minimum Gasteiger partial charge on any atom is -0.486 e. The van der Waals surface area contributed by atoms with E-state index in [0.29, 0.717) is 31.7 Å². The zero-order valence-corrected chi connectivity index (χ0v) is 21.7. The van der Waals surface area contributed by atoms with Gasteiger partial charge in [0, 0.05) is 37.4 Å². The van der Waals surface area contributed by atoms with E-state index in [1.807, 2.05) is 29.2 Å². The Hall–Kier alpha value is -3.12. The van der Waals surface area contributed by atoms with Crippen LogP contribution in [-0.2, 0) is 17.6 Å². The minimum atomic E-state index is 0.00813. The van der Waals surface area contributed by atoms with Crippen LogP contribution in [0.15, 0.2) is 54.6 Å². The second-order valence-corrected chi connectivity index (χ2v) is 9.67. The number of ether oxygens (including phenoxy) is 1. The van der Waals surface area contributed by atoms with Gasteiger partial charge in [0.25, 0.3) is 5.91 Å². The number of amides is 2. The quantitative estimate of drug-likeness (QED) is 0.525. The highest BCUT2D eigenvalue weighted by molar-refractivity contribution is 5.95. The van der Waals surface area contributed by atoms with Gasteiger partial charge in [0.15, 0.2) is 0 Å². The average molecular weight is 490 g/mol. The van der Waals surface area contributed by atoms with Gasteiger partial charge >= 0.3 is 0 Å². The van der Waals surface area contributed by atoms with E-state index in [4.69, 9.17) is 4.74 Å². The number of hydrogen-bond donors (Lipinski definition) is 1. The number of carbonyl (C=O) groups is 2. The van der Waals surface area contributed by atoms with Crippen molar-refractivity contribution in [3.63, 3.8) is 0 Å². The predicted octanol–water partition coefficient (Wildman–Crippen LogP) is 5.09. The Morgan fingerprint density at radius 3 is 2.36 bits per heavy atom. The maximum Gasteiger partial charge on any atom is 0.253 e. The van der Waals surface area contributed by atoms with E-state index in [1.54, 1.807) is 0 Å². The van der Waals surface area contributed by atoms with Crippen LogP contribution in [0.1, 0.15) is 61.0 Å². The third kappa shape index (κ3) is 6.76. The van der Waals surface area contributed by atoms with E-state index in [1.165, 1.54) is 11.1 Å². The number of nitrogens with zero attached hydrogens (tertiary/aromatic N) is 2. The molecule has 1 heterocycles. The number of carbonyl (C=O) groups excluding carboxylic acids is 2. The summed E-state index contributed by atoms with van der Waals surface area (Å²) in [6, 6.07) is 13.7. The molecular weight excluding hydrogens is 450 g/mol. The molecule has 36 heavy (non-hydrogen) atoms. The number of anilines is 1. The van der Waals surface area contributed by atoms with Crippen molar-refractivity contribution in [3.05, 3.63) is 71.3 Å². The first kappa shape index (κ1) is 26.0. The van der Waals surface area contributed by atoms with Gasteiger partial charge in [-0.3, -0.25) is 14.5 Å². The van der Waals surface area contributed by atoms with Gasteiger partial charge < -0.3 is 15.0 Å². The summed E-state index contributed by atoms with van der Waals surface area (Å²) < 4.78 is 6.02. The third-order valence-electron chi connectivity index (χ3n) is 7.11. The lowest BCUT2D eigenvalue weighted by Gasteiger charge is -2.23. The number of aryl methyl sites for hydroxylation is 2. The highest BCUT2D eigenvalue weighted by Gasteiger charge is 2.22. The molecule has 1 atom stereocenters. The fraction of sp³-hybridized carbons (Fsp3) is 0.467. The normalized spacial score (nSPS) is 18.5. The van der Waals surface area contributed by atoms with Crippen LogP contribution in [0.2, 0.25) is 0 Å². The molecule has 192 valence electrons. The van der Waals surface area contributed by atoms with Crippen LogP contribution in [0.4, 0.5) is 5.69 Å². The van der Waals surface area contributed by atoms with E-state index in [2.05, 4.69) is 54.4 Å². The Balaban J connectivity index is 1.29. The van der Waals surface area contributed by atoms with Crippen LogP contribution in [-0.4, -0.2) is 60.4 Å². The molecule has 2 aromatic rings. The fourth-order valence-electron chi connectivity index (χ4n) is 5.03. The molecule has 6 heteroatoms. The predicted molar refractivity (Wildman–Crippen MR) is 145 cm³/mol. The lowest BCUT2D eigenvalue weighted by molar-refractivity contribution is -0.117. The van der Waals surface area contributed by atoms with Gasteiger partial charge in [-0.25, -0.2) is 0 Å². The molecule has 2 aromatic carbocycles. The molecule has 4 rings (SSSR count). The molecular formula is C30H39N3O3. The fourth-order valence-corrected chi connectivity index (χ4v) is 5.03. The minimum absolute atomic E-state index is 0.00813. The van der Waals surface area contributed by atoms with Crippen molar-refractivity contribution < 1.29 is 14.3 Å². The largest absolute Gasteiger partial charge is 0.486 e. The number of para-hydroxylation sites is 1. The molecule has 0 radical (unpaired) electrons. The molecule has 0 spiro atoms. The van der Waals surface area contributed by atoms with Crippen molar-refractivity contribution in [2.24, 2.45) is 0 Å². The van der Waals surface area contributed by atoms with Gasteiger partial charge in [0.05, 0.1) is 6.54 Å². The summed E-state index contributed by atoms with van der Waals surface area (Å²) in [5.41, 5.74) is 3.98. The highest BCUT2D eigenvalue weighted by Crippen LogP contribution is 2.23. The van der Waals surface area contributed by atoms with Gasteiger partial charge in [-0.05, 0) is 80.0 Å². The van der Waals surface area contributed by atoms with Crippen LogP contribution >= 0.6 is 0 Å². The summed E-state index contributed by atoms with van der Waals surface area (Å²) in [7, 11) is 0. The summed E-state index contributed by atoms with van der Waals surface area (Å²) in [4.78, 5) is 30.1. The monoisotopic (exact) mass is 489 g/mol. The molecule has 0 aromatic heterocycles. The van der Waals surface area contributed by atoms with Gasteiger partial charge in [0.2, 0.25) is 5.91 Å². The second-order valence-electron chi connectivity index (χ2n) is 9.67. The van der Waals surface area contributed by atoms with Gasteiger partial charge in [-0.1, -0.05) is 38.1 Å². The van der Waals surface area contributed by atoms with E-state index in [9.17, 15) is 9.59 Å². The van der Waals surface area contributed by atoms with Gasteiger partial charge in [0.1, 0.15) is 11.9 Å². The topological polar surface area (TPSA) is 61.9 Å². The van der Waals surface area contributed by atoms with Crippen molar-refractivity contribution in [2.45, 2.75) is 58.5 Å². The van der Waals surface area contributed by atoms with Crippen LogP contribution in [0.5, 0.6) is 5.75 Å². The summed E-state index contributed by atoms with van der Waals surface area (Å²) in [5.74, 6) is 0.843. The summed E-state index contributed by atoms with van der Waals surface area (Å²) in [6.07, 6.45) is 10.3. The zero-order valence-electron chi connectivity index (χ0n) is 21.7. The van der Waals surface area contributed by atoms with Crippen LogP contribution in [0.3, 0.4) is 0 Å². The molecule has 1 unspecified atom stereocenters. The molecule has 1 fully saturated rings. The standard InChI is InChI=1S/C30H39N3O3/c1-3-23-10-8-11-24(4-2)29(23)31-28(34)22-32-18-9-19-33(21-20-32)30(35)25-14-16-27(17-15-25)36-26-12-6-5-7-13-26/h6,8,10-12,14-17,26H,3-5,7,9,13,18-22H2,1-2H3,(H,31,34). The lowest BCUT2D eigenvalue weighted by atomic mass is 10.0. The summed E-state index contributed by atoms with van der Waals surface area (Å²) in [5, 5.41) is 3.17. The Morgan fingerprint density at radius 2 is 1.69 bits per heavy atom. The molecule has 1 aliphatic carbocycles. The SMILES string of the molecule is CCc1cccc(CC)c1NC(=O)CN1CCCN(C(=O)c2ccc(OC3C=CCCC3)cc2)CC1. The molecule has 1 saturated heterocycles. The first-order valence-electron chi connectivity index (χ1n) is 13.4. The number of benzene rings is 2. The smallest absolute Gasteiger partial charge is 0.253 e. The van der Waals surface area contributed by atoms with Gasteiger partial charge in [-0.2, -0.15) is 0 Å². The Bertz CT molecular complexity index is 1040. The highest BCUT2D eigenvalue weighted by atomic mass is 16.5. The number of rotatable bonds is 8. The Labute approximate surface area is 215 Å². The molecule has 1 N–H and O–H groups in total. The van der Waals surface area contributed by atoms with E-state index < -0.39 is 0 Å². The summed E-state index contributed by atoms with van der Waals surface area (Å²) >= 11 is 0. The number of hydrogen-bond acceptors (Lipinski definition) is 4. The van der Waals surface area contributed by atoms with Crippen LogP contribution in [0, 0.1) is 0 Å². The average Bonchev–Trinajstić information content (AvgIpc) is 3.15. The summed E-state index contributed by atoms with van der Waals surface area (Å²) in [6.45, 7) is 7.35. The molecule has 2 aliphatic rings. The lowest BCUT2D eigenvalue weighted by Crippen LogP contribution is -2.38. The first-order valence-corrected chi connectivity index (χ1v) is 13.4. The number of allylic oxidation sites excluding steroid dienone is 1. The van der Waals surface area contributed by atoms with Crippen molar-refractivity contribution in [1.82, 2.24) is 9.80 Å².